The van der Waals surface area contributed by atoms with Gasteiger partial charge in [0, 0.05) is 25.2 Å². The van der Waals surface area contributed by atoms with Crippen molar-refractivity contribution in [3.05, 3.63) is 34.9 Å². The predicted octanol–water partition coefficient (Wildman–Crippen LogP) is 2.99. The molecule has 1 N–H and O–H groups in total. The Kier molecular flexibility index (Phi) is 9.44. The van der Waals surface area contributed by atoms with E-state index < -0.39 is 0 Å². The fraction of sp³-hybridized carbons (Fsp3) is 0.357. The van der Waals surface area contributed by atoms with Crippen molar-refractivity contribution in [3.8, 4) is 12.3 Å². The summed E-state index contributed by atoms with van der Waals surface area (Å²) in [5.74, 6) is 3.31. The molecule has 0 aromatic heterocycles. The van der Waals surface area contributed by atoms with Crippen LogP contribution in [0.4, 0.5) is 0 Å². The molecule has 0 aliphatic rings. The van der Waals surface area contributed by atoms with Crippen molar-refractivity contribution in [1.82, 2.24) is 10.2 Å². The highest BCUT2D eigenvalue weighted by atomic mass is 127. The molecule has 0 unspecified atom stereocenters. The third-order valence-corrected chi connectivity index (χ3v) is 2.56. The fourth-order valence-corrected chi connectivity index (χ4v) is 1.79. The Morgan fingerprint density at radius 2 is 2.26 bits per heavy atom. The van der Waals surface area contributed by atoms with Crippen LogP contribution in [0.1, 0.15) is 12.5 Å². The maximum Gasteiger partial charge on any atom is 0.194 e. The van der Waals surface area contributed by atoms with E-state index in [0.717, 1.165) is 29.6 Å². The number of terminal acetylenes is 1. The van der Waals surface area contributed by atoms with Gasteiger partial charge in [-0.2, -0.15) is 0 Å². The van der Waals surface area contributed by atoms with E-state index in [1.54, 1.807) is 0 Å². The van der Waals surface area contributed by atoms with Crippen molar-refractivity contribution in [2.24, 2.45) is 4.99 Å². The fourth-order valence-electron chi connectivity index (χ4n) is 1.57. The van der Waals surface area contributed by atoms with E-state index in [4.69, 9.17) is 18.0 Å². The molecule has 0 spiro atoms. The van der Waals surface area contributed by atoms with E-state index in [2.05, 4.69) is 16.2 Å². The maximum atomic E-state index is 5.96. The summed E-state index contributed by atoms with van der Waals surface area (Å²) in [4.78, 5) is 6.33. The monoisotopic (exact) mass is 391 g/mol. The van der Waals surface area contributed by atoms with Crippen molar-refractivity contribution < 1.29 is 0 Å². The summed E-state index contributed by atoms with van der Waals surface area (Å²) in [6.07, 6.45) is 5.22. The first-order valence-electron chi connectivity index (χ1n) is 5.84. The van der Waals surface area contributed by atoms with Gasteiger partial charge in [-0.25, -0.2) is 4.99 Å². The van der Waals surface area contributed by atoms with Gasteiger partial charge in [-0.3, -0.25) is 0 Å². The molecular weight excluding hydrogens is 373 g/mol. The summed E-state index contributed by atoms with van der Waals surface area (Å²) in [7, 11) is 1.97. The molecule has 3 nitrogen and oxygen atoms in total. The van der Waals surface area contributed by atoms with Crippen molar-refractivity contribution in [1.29, 1.82) is 0 Å². The quantitative estimate of drug-likeness (QED) is 0.370. The number of hydrogen-bond acceptors (Lipinski definition) is 1. The molecule has 0 radical (unpaired) electrons. The molecule has 0 amide bonds. The summed E-state index contributed by atoms with van der Waals surface area (Å²) in [5.41, 5.74) is 1.14. The van der Waals surface area contributed by atoms with Gasteiger partial charge in [-0.15, -0.1) is 30.4 Å². The molecule has 1 aromatic carbocycles. The first-order chi connectivity index (χ1) is 8.67. The second kappa shape index (κ2) is 9.93. The average Bonchev–Trinajstić information content (AvgIpc) is 2.34. The first kappa shape index (κ1) is 18.1. The third-order valence-electron chi connectivity index (χ3n) is 2.33. The van der Waals surface area contributed by atoms with Crippen molar-refractivity contribution >= 4 is 41.5 Å². The molecule has 0 atom stereocenters. The zero-order chi connectivity index (χ0) is 13.4. The molecule has 0 saturated heterocycles. The first-order valence-corrected chi connectivity index (χ1v) is 6.22. The second-order valence-corrected chi connectivity index (χ2v) is 4.30. The standard InChI is InChI=1S/C14H18ClN3.HI/c1-4-9-17-14(16-5-2)18(3)11-12-7-6-8-13(15)10-12;/h1,6-8,10H,5,9,11H2,2-3H3,(H,16,17);1H. The van der Waals surface area contributed by atoms with Gasteiger partial charge in [0.15, 0.2) is 5.96 Å². The number of halogens is 2. The zero-order valence-corrected chi connectivity index (χ0v) is 14.3. The number of guanidine groups is 1. The highest BCUT2D eigenvalue weighted by molar-refractivity contribution is 14.0. The van der Waals surface area contributed by atoms with Crippen LogP contribution >= 0.6 is 35.6 Å². The van der Waals surface area contributed by atoms with Crippen LogP contribution < -0.4 is 5.32 Å². The normalized spacial score (nSPS) is 10.3. The molecule has 0 bridgehead atoms. The molecule has 0 fully saturated rings. The van der Waals surface area contributed by atoms with Crippen LogP contribution in [0.25, 0.3) is 0 Å². The lowest BCUT2D eigenvalue weighted by Gasteiger charge is -2.21. The minimum atomic E-state index is 0. The Morgan fingerprint density at radius 1 is 1.53 bits per heavy atom. The van der Waals surface area contributed by atoms with E-state index in [0.29, 0.717) is 6.54 Å². The second-order valence-electron chi connectivity index (χ2n) is 3.86. The van der Waals surface area contributed by atoms with Crippen molar-refractivity contribution in [3.63, 3.8) is 0 Å². The van der Waals surface area contributed by atoms with Crippen molar-refractivity contribution in [2.45, 2.75) is 13.5 Å². The Hall–Kier alpha value is -0.930. The lowest BCUT2D eigenvalue weighted by Crippen LogP contribution is -2.38. The average molecular weight is 392 g/mol. The number of aliphatic imine (C=N–C) groups is 1. The summed E-state index contributed by atoms with van der Waals surface area (Å²) in [6, 6.07) is 7.79. The van der Waals surface area contributed by atoms with Gasteiger partial charge >= 0.3 is 0 Å². The third kappa shape index (κ3) is 6.69. The van der Waals surface area contributed by atoms with E-state index in [1.807, 2.05) is 43.1 Å². The molecule has 5 heteroatoms. The Bertz CT molecular complexity index is 454. The zero-order valence-electron chi connectivity index (χ0n) is 11.2. The van der Waals surface area contributed by atoms with Crippen LogP contribution in [0, 0.1) is 12.3 Å². The Morgan fingerprint density at radius 3 is 2.84 bits per heavy atom. The molecule has 0 aliphatic carbocycles. The van der Waals surface area contributed by atoms with Gasteiger partial charge in [-0.1, -0.05) is 29.7 Å². The van der Waals surface area contributed by atoms with Gasteiger partial charge in [0.1, 0.15) is 6.54 Å². The molecule has 0 heterocycles. The van der Waals surface area contributed by atoms with Crippen LogP contribution in [0.15, 0.2) is 29.3 Å². The van der Waals surface area contributed by atoms with E-state index in [-0.39, 0.29) is 24.0 Å². The molecule has 19 heavy (non-hydrogen) atoms. The highest BCUT2D eigenvalue weighted by Gasteiger charge is 2.06. The molecule has 104 valence electrons. The molecule has 1 aromatic rings. The van der Waals surface area contributed by atoms with Crippen LogP contribution in [0.5, 0.6) is 0 Å². The summed E-state index contributed by atoms with van der Waals surface area (Å²) >= 11 is 5.96. The number of nitrogens with one attached hydrogen (secondary N) is 1. The Labute approximate surface area is 137 Å². The predicted molar refractivity (Wildman–Crippen MR) is 93.1 cm³/mol. The van der Waals surface area contributed by atoms with Crippen LogP contribution in [-0.2, 0) is 6.54 Å². The highest BCUT2D eigenvalue weighted by Crippen LogP contribution is 2.12. The summed E-state index contributed by atoms with van der Waals surface area (Å²) < 4.78 is 0. The van der Waals surface area contributed by atoms with Crippen LogP contribution in [0.3, 0.4) is 0 Å². The smallest absolute Gasteiger partial charge is 0.194 e. The van der Waals surface area contributed by atoms with Gasteiger partial charge in [0.2, 0.25) is 0 Å². The largest absolute Gasteiger partial charge is 0.356 e. The maximum absolute atomic E-state index is 5.96. The molecule has 1 rings (SSSR count). The SMILES string of the molecule is C#CCN=C(NCC)N(C)Cc1cccc(Cl)c1.I. The number of benzene rings is 1. The van der Waals surface area contributed by atoms with E-state index >= 15 is 0 Å². The van der Waals surface area contributed by atoms with Crippen LogP contribution in [0.2, 0.25) is 5.02 Å². The van der Waals surface area contributed by atoms with E-state index in [9.17, 15) is 0 Å². The van der Waals surface area contributed by atoms with Gasteiger partial charge in [0.25, 0.3) is 0 Å². The lowest BCUT2D eigenvalue weighted by atomic mass is 10.2. The molecule has 0 aliphatic heterocycles. The van der Waals surface area contributed by atoms with Crippen LogP contribution in [-0.4, -0.2) is 31.0 Å². The van der Waals surface area contributed by atoms with Gasteiger partial charge < -0.3 is 10.2 Å². The van der Waals surface area contributed by atoms with Gasteiger partial charge in [-0.05, 0) is 24.6 Å². The minimum absolute atomic E-state index is 0. The van der Waals surface area contributed by atoms with E-state index in [1.165, 1.54) is 0 Å². The summed E-state index contributed by atoms with van der Waals surface area (Å²) in [5, 5.41) is 3.94. The molecule has 0 saturated carbocycles. The topological polar surface area (TPSA) is 27.6 Å². The minimum Gasteiger partial charge on any atom is -0.356 e. The molecular formula is C14H19ClIN3. The lowest BCUT2D eigenvalue weighted by molar-refractivity contribution is 0.478. The van der Waals surface area contributed by atoms with Gasteiger partial charge in [0.05, 0.1) is 0 Å². The number of rotatable bonds is 4. The Balaban J connectivity index is 0.00000324. The number of nitrogens with zero attached hydrogens (tertiary/aromatic N) is 2. The number of hydrogen-bond donors (Lipinski definition) is 1. The summed E-state index contributed by atoms with van der Waals surface area (Å²) in [6.45, 7) is 3.95. The van der Waals surface area contributed by atoms with Crippen molar-refractivity contribution in [2.75, 3.05) is 20.1 Å².